The van der Waals surface area contributed by atoms with Gasteiger partial charge in [0, 0.05) is 17.5 Å². The van der Waals surface area contributed by atoms with Crippen molar-refractivity contribution in [3.63, 3.8) is 0 Å². The summed E-state index contributed by atoms with van der Waals surface area (Å²) in [6, 6.07) is 1.95. The van der Waals surface area contributed by atoms with Crippen molar-refractivity contribution >= 4 is 22.4 Å². The summed E-state index contributed by atoms with van der Waals surface area (Å²) < 4.78 is 26.8. The number of amides is 1. The number of hydrogen-bond acceptors (Lipinski definition) is 4. The normalized spacial score (nSPS) is 12.2. The molecule has 0 fully saturated rings. The van der Waals surface area contributed by atoms with Crippen molar-refractivity contribution in [3.8, 4) is 0 Å². The van der Waals surface area contributed by atoms with Crippen LogP contribution in [-0.2, 0) is 0 Å². The summed E-state index contributed by atoms with van der Waals surface area (Å²) in [5.41, 5.74) is 0.797. The predicted octanol–water partition coefficient (Wildman–Crippen LogP) is 3.26. The summed E-state index contributed by atoms with van der Waals surface area (Å²) in [7, 11) is 1.80. The highest BCUT2D eigenvalue weighted by atomic mass is 32.1. The van der Waals surface area contributed by atoms with Crippen LogP contribution in [0.2, 0.25) is 0 Å². The molecule has 1 aromatic heterocycles. The van der Waals surface area contributed by atoms with Gasteiger partial charge in [-0.05, 0) is 32.5 Å². The van der Waals surface area contributed by atoms with Crippen molar-refractivity contribution in [2.45, 2.75) is 19.9 Å². The summed E-state index contributed by atoms with van der Waals surface area (Å²) in [5, 5.41) is 7.74. The molecular weight excluding hydrogens is 296 g/mol. The molecule has 0 saturated heterocycles. The highest BCUT2D eigenvalue weighted by molar-refractivity contribution is 7.14. The van der Waals surface area contributed by atoms with Crippen molar-refractivity contribution in [2.24, 2.45) is 0 Å². The van der Waals surface area contributed by atoms with Gasteiger partial charge in [0.2, 0.25) is 0 Å². The molecule has 1 amide bonds. The van der Waals surface area contributed by atoms with E-state index in [4.69, 9.17) is 0 Å². The first-order chi connectivity index (χ1) is 9.92. The topological polar surface area (TPSA) is 54.0 Å². The minimum Gasteiger partial charge on any atom is -0.312 e. The van der Waals surface area contributed by atoms with Crippen LogP contribution in [0.25, 0.3) is 0 Å². The van der Waals surface area contributed by atoms with Gasteiger partial charge in [0.25, 0.3) is 5.91 Å². The third-order valence-corrected chi connectivity index (χ3v) is 3.89. The molecular formula is C14H15F2N3OS. The molecule has 1 heterocycles. The Labute approximate surface area is 125 Å². The number of nitrogens with zero attached hydrogens (tertiary/aromatic N) is 1. The van der Waals surface area contributed by atoms with Crippen LogP contribution in [0.15, 0.2) is 17.5 Å². The van der Waals surface area contributed by atoms with Crippen LogP contribution in [0, 0.1) is 18.6 Å². The van der Waals surface area contributed by atoms with Gasteiger partial charge >= 0.3 is 0 Å². The van der Waals surface area contributed by atoms with Gasteiger partial charge in [-0.25, -0.2) is 13.8 Å². The van der Waals surface area contributed by atoms with Crippen molar-refractivity contribution in [2.75, 3.05) is 12.4 Å². The summed E-state index contributed by atoms with van der Waals surface area (Å²) in [6.07, 6.45) is 0. The number of carbonyl (C=O) groups excluding carboxylic acids is 1. The van der Waals surface area contributed by atoms with E-state index in [9.17, 15) is 13.6 Å². The fourth-order valence-electron chi connectivity index (χ4n) is 1.69. The molecule has 0 radical (unpaired) electrons. The first-order valence-electron chi connectivity index (χ1n) is 6.32. The molecule has 112 valence electrons. The van der Waals surface area contributed by atoms with Crippen LogP contribution in [0.5, 0.6) is 0 Å². The van der Waals surface area contributed by atoms with Gasteiger partial charge in [0.15, 0.2) is 5.13 Å². The van der Waals surface area contributed by atoms with E-state index in [1.165, 1.54) is 24.3 Å². The van der Waals surface area contributed by atoms with E-state index >= 15 is 0 Å². The van der Waals surface area contributed by atoms with Gasteiger partial charge in [0.1, 0.15) is 11.6 Å². The molecule has 0 aliphatic rings. The standard InChI is InChI=1S/C14H15F2N3OS/c1-7-4-9(11(16)5-10(7)15)13(20)19-14-18-12(6-21-14)8(2)17-3/h4-6,8,17H,1-3H3,(H,18,19,20). The van der Waals surface area contributed by atoms with Gasteiger partial charge in [-0.3, -0.25) is 10.1 Å². The zero-order chi connectivity index (χ0) is 15.6. The van der Waals surface area contributed by atoms with E-state index in [0.717, 1.165) is 5.69 Å². The van der Waals surface area contributed by atoms with Crippen LogP contribution in [0.1, 0.15) is 34.6 Å². The quantitative estimate of drug-likeness (QED) is 0.911. The van der Waals surface area contributed by atoms with E-state index < -0.39 is 17.5 Å². The second-order valence-electron chi connectivity index (χ2n) is 4.62. The Morgan fingerprint density at radius 2 is 2.05 bits per heavy atom. The zero-order valence-corrected chi connectivity index (χ0v) is 12.6. The lowest BCUT2D eigenvalue weighted by atomic mass is 10.1. The molecule has 2 aromatic rings. The summed E-state index contributed by atoms with van der Waals surface area (Å²) in [4.78, 5) is 16.3. The molecule has 1 unspecified atom stereocenters. The number of benzene rings is 1. The zero-order valence-electron chi connectivity index (χ0n) is 11.8. The molecule has 4 nitrogen and oxygen atoms in total. The maximum atomic E-state index is 13.6. The van der Waals surface area contributed by atoms with Crippen LogP contribution in [-0.4, -0.2) is 17.9 Å². The first kappa shape index (κ1) is 15.5. The largest absolute Gasteiger partial charge is 0.312 e. The van der Waals surface area contributed by atoms with Crippen molar-refractivity contribution < 1.29 is 13.6 Å². The number of rotatable bonds is 4. The summed E-state index contributed by atoms with van der Waals surface area (Å²) in [6.45, 7) is 3.41. The Balaban J connectivity index is 2.18. The monoisotopic (exact) mass is 311 g/mol. The summed E-state index contributed by atoms with van der Waals surface area (Å²) >= 11 is 1.25. The molecule has 1 atom stereocenters. The number of aromatic nitrogens is 1. The molecule has 0 spiro atoms. The third kappa shape index (κ3) is 3.43. The smallest absolute Gasteiger partial charge is 0.260 e. The molecule has 2 rings (SSSR count). The van der Waals surface area contributed by atoms with Crippen molar-refractivity contribution in [1.82, 2.24) is 10.3 Å². The Kier molecular flexibility index (Phi) is 4.64. The van der Waals surface area contributed by atoms with E-state index in [1.807, 2.05) is 12.3 Å². The van der Waals surface area contributed by atoms with E-state index in [2.05, 4.69) is 15.6 Å². The first-order valence-corrected chi connectivity index (χ1v) is 7.20. The average molecular weight is 311 g/mol. The minimum absolute atomic E-state index is 0.0525. The van der Waals surface area contributed by atoms with Gasteiger partial charge in [-0.15, -0.1) is 11.3 Å². The van der Waals surface area contributed by atoms with Gasteiger partial charge < -0.3 is 5.32 Å². The third-order valence-electron chi connectivity index (χ3n) is 3.11. The Bertz CT molecular complexity index is 672. The Morgan fingerprint density at radius 3 is 2.71 bits per heavy atom. The maximum absolute atomic E-state index is 13.6. The van der Waals surface area contributed by atoms with Gasteiger partial charge in [-0.2, -0.15) is 0 Å². The molecule has 21 heavy (non-hydrogen) atoms. The molecule has 1 aromatic carbocycles. The van der Waals surface area contributed by atoms with E-state index in [-0.39, 0.29) is 17.2 Å². The SMILES string of the molecule is CNC(C)c1csc(NC(=O)c2cc(C)c(F)cc2F)n1. The lowest BCUT2D eigenvalue weighted by Gasteiger charge is -2.06. The van der Waals surface area contributed by atoms with Crippen LogP contribution < -0.4 is 10.6 Å². The Morgan fingerprint density at radius 1 is 1.33 bits per heavy atom. The second kappa shape index (κ2) is 6.28. The molecule has 7 heteroatoms. The molecule has 0 bridgehead atoms. The lowest BCUT2D eigenvalue weighted by molar-refractivity contribution is 0.102. The lowest BCUT2D eigenvalue weighted by Crippen LogP contribution is -2.15. The van der Waals surface area contributed by atoms with E-state index in [1.54, 1.807) is 7.05 Å². The molecule has 0 saturated carbocycles. The summed E-state index contributed by atoms with van der Waals surface area (Å²) in [5.74, 6) is -2.21. The van der Waals surface area contributed by atoms with Crippen LogP contribution in [0.3, 0.4) is 0 Å². The Hall–Kier alpha value is -1.86. The van der Waals surface area contributed by atoms with Crippen molar-refractivity contribution in [1.29, 1.82) is 0 Å². The molecule has 0 aliphatic carbocycles. The number of carbonyl (C=O) groups is 1. The second-order valence-corrected chi connectivity index (χ2v) is 5.48. The predicted molar refractivity (Wildman–Crippen MR) is 78.6 cm³/mol. The molecule has 2 N–H and O–H groups in total. The van der Waals surface area contributed by atoms with Crippen LogP contribution >= 0.6 is 11.3 Å². The highest BCUT2D eigenvalue weighted by Gasteiger charge is 2.16. The fourth-order valence-corrected chi connectivity index (χ4v) is 2.48. The van der Waals surface area contributed by atoms with Gasteiger partial charge in [0.05, 0.1) is 11.3 Å². The van der Waals surface area contributed by atoms with E-state index in [0.29, 0.717) is 11.2 Å². The number of halogens is 2. The number of thiazole rings is 1. The number of nitrogens with one attached hydrogen (secondary N) is 2. The minimum atomic E-state index is -0.893. The maximum Gasteiger partial charge on any atom is 0.260 e. The van der Waals surface area contributed by atoms with Crippen molar-refractivity contribution in [3.05, 3.63) is 46.0 Å². The number of anilines is 1. The number of aryl methyl sites for hydroxylation is 1. The highest BCUT2D eigenvalue weighted by Crippen LogP contribution is 2.22. The fraction of sp³-hybridized carbons (Fsp3) is 0.286. The number of hydrogen-bond donors (Lipinski definition) is 2. The average Bonchev–Trinajstić information content (AvgIpc) is 2.90. The molecule has 0 aliphatic heterocycles. The van der Waals surface area contributed by atoms with Gasteiger partial charge in [-0.1, -0.05) is 0 Å². The van der Waals surface area contributed by atoms with Crippen LogP contribution in [0.4, 0.5) is 13.9 Å².